The number of para-hydroxylation sites is 1. The van der Waals surface area contributed by atoms with E-state index in [-0.39, 0.29) is 11.9 Å². The third-order valence-electron chi connectivity index (χ3n) is 5.45. The summed E-state index contributed by atoms with van der Waals surface area (Å²) in [6, 6.07) is 14.4. The maximum absolute atomic E-state index is 12.6. The second-order valence-electron chi connectivity index (χ2n) is 7.81. The van der Waals surface area contributed by atoms with Crippen molar-refractivity contribution >= 4 is 29.0 Å². The van der Waals surface area contributed by atoms with Crippen molar-refractivity contribution in [3.8, 4) is 0 Å². The quantitative estimate of drug-likeness (QED) is 0.578. The van der Waals surface area contributed by atoms with Gasteiger partial charge in [-0.05, 0) is 74.5 Å². The average Bonchev–Trinajstić information content (AvgIpc) is 2.71. The largest absolute Gasteiger partial charge is 0.326 e. The maximum Gasteiger partial charge on any atom is 0.323 e. The summed E-state index contributed by atoms with van der Waals surface area (Å²) in [6.45, 7) is 6.16. The molecule has 2 aromatic rings. The first kappa shape index (κ1) is 20.9. The second-order valence-corrected chi connectivity index (χ2v) is 7.81. The van der Waals surface area contributed by atoms with Crippen molar-refractivity contribution in [3.05, 3.63) is 54.1 Å². The van der Waals surface area contributed by atoms with Gasteiger partial charge in [-0.1, -0.05) is 31.2 Å². The summed E-state index contributed by atoms with van der Waals surface area (Å²) >= 11 is 0. The summed E-state index contributed by atoms with van der Waals surface area (Å²) < 4.78 is 0. The van der Waals surface area contributed by atoms with E-state index in [1.54, 1.807) is 6.07 Å². The Morgan fingerprint density at radius 3 is 2.55 bits per heavy atom. The van der Waals surface area contributed by atoms with Crippen molar-refractivity contribution in [2.45, 2.75) is 33.1 Å². The highest BCUT2D eigenvalue weighted by Crippen LogP contribution is 2.25. The van der Waals surface area contributed by atoms with Gasteiger partial charge in [-0.3, -0.25) is 4.79 Å². The number of nitrogens with one attached hydrogen (secondary N) is 4. The van der Waals surface area contributed by atoms with Crippen LogP contribution in [0.5, 0.6) is 0 Å². The smallest absolute Gasteiger partial charge is 0.323 e. The van der Waals surface area contributed by atoms with Crippen molar-refractivity contribution < 1.29 is 9.59 Å². The van der Waals surface area contributed by atoms with Crippen molar-refractivity contribution in [2.24, 2.45) is 11.8 Å². The SMILES string of the molecule is Cc1ccc(NC(=O)Nc2ccccc2)cc1NC(=O)CC(C)C1CCCNC1. The number of aryl methyl sites for hydroxylation is 1. The number of urea groups is 1. The van der Waals surface area contributed by atoms with Gasteiger partial charge >= 0.3 is 6.03 Å². The highest BCUT2D eigenvalue weighted by molar-refractivity contribution is 6.00. The molecule has 0 aliphatic carbocycles. The monoisotopic (exact) mass is 394 g/mol. The van der Waals surface area contributed by atoms with Crippen molar-refractivity contribution in [3.63, 3.8) is 0 Å². The number of anilines is 3. The van der Waals surface area contributed by atoms with Gasteiger partial charge in [-0.15, -0.1) is 0 Å². The Hall–Kier alpha value is -2.86. The molecule has 0 saturated carbocycles. The zero-order valence-electron chi connectivity index (χ0n) is 17.1. The number of rotatable bonds is 6. The minimum atomic E-state index is -0.323. The van der Waals surface area contributed by atoms with E-state index in [1.165, 1.54) is 12.8 Å². The molecule has 2 atom stereocenters. The van der Waals surface area contributed by atoms with Gasteiger partial charge in [0.05, 0.1) is 0 Å². The minimum Gasteiger partial charge on any atom is -0.326 e. The van der Waals surface area contributed by atoms with Crippen LogP contribution in [0.2, 0.25) is 0 Å². The van der Waals surface area contributed by atoms with Crippen molar-refractivity contribution in [2.75, 3.05) is 29.0 Å². The van der Waals surface area contributed by atoms with Crippen LogP contribution >= 0.6 is 0 Å². The van der Waals surface area contributed by atoms with E-state index in [2.05, 4.69) is 28.2 Å². The van der Waals surface area contributed by atoms with Crippen LogP contribution in [0, 0.1) is 18.8 Å². The molecule has 1 heterocycles. The fraction of sp³-hybridized carbons (Fsp3) is 0.391. The van der Waals surface area contributed by atoms with Crippen molar-refractivity contribution in [1.29, 1.82) is 0 Å². The van der Waals surface area contributed by atoms with Crippen LogP contribution in [0.25, 0.3) is 0 Å². The molecular formula is C23H30N4O2. The summed E-state index contributed by atoms with van der Waals surface area (Å²) in [4.78, 5) is 24.8. The van der Waals surface area contributed by atoms with Gasteiger partial charge in [0.1, 0.15) is 0 Å². The standard InChI is InChI=1S/C23H30N4O2/c1-16-10-11-20(26-23(29)25-19-8-4-3-5-9-19)14-21(16)27-22(28)13-17(2)18-7-6-12-24-15-18/h3-5,8-11,14,17-18,24H,6-7,12-13,15H2,1-2H3,(H,27,28)(H2,25,26,29). The Morgan fingerprint density at radius 2 is 1.83 bits per heavy atom. The Bertz CT molecular complexity index is 832. The lowest BCUT2D eigenvalue weighted by atomic mass is 9.85. The van der Waals surface area contributed by atoms with Crippen molar-refractivity contribution in [1.82, 2.24) is 5.32 Å². The van der Waals surface area contributed by atoms with Gasteiger partial charge in [-0.2, -0.15) is 0 Å². The van der Waals surface area contributed by atoms with Crippen LogP contribution < -0.4 is 21.3 Å². The average molecular weight is 395 g/mol. The van der Waals surface area contributed by atoms with E-state index in [0.717, 1.165) is 30.0 Å². The highest BCUT2D eigenvalue weighted by Gasteiger charge is 2.22. The molecule has 2 unspecified atom stereocenters. The molecule has 0 aromatic heterocycles. The minimum absolute atomic E-state index is 0.0112. The van der Waals surface area contributed by atoms with Crippen LogP contribution in [-0.2, 0) is 4.79 Å². The molecule has 6 heteroatoms. The first-order chi connectivity index (χ1) is 14.0. The third-order valence-corrected chi connectivity index (χ3v) is 5.45. The lowest BCUT2D eigenvalue weighted by Gasteiger charge is -2.28. The van der Waals surface area contributed by atoms with Crippen LogP contribution in [0.4, 0.5) is 21.9 Å². The number of carbonyl (C=O) groups excluding carboxylic acids is 2. The number of hydrogen-bond donors (Lipinski definition) is 4. The number of hydrogen-bond acceptors (Lipinski definition) is 3. The van der Waals surface area contributed by atoms with E-state index in [0.29, 0.717) is 23.9 Å². The molecule has 29 heavy (non-hydrogen) atoms. The molecule has 0 spiro atoms. The van der Waals surface area contributed by atoms with Gasteiger partial charge in [0.15, 0.2) is 0 Å². The van der Waals surface area contributed by atoms with Gasteiger partial charge < -0.3 is 21.3 Å². The zero-order chi connectivity index (χ0) is 20.6. The highest BCUT2D eigenvalue weighted by atomic mass is 16.2. The molecule has 1 aliphatic rings. The van der Waals surface area contributed by atoms with Crippen LogP contribution in [-0.4, -0.2) is 25.0 Å². The molecule has 1 aliphatic heterocycles. The molecule has 2 aromatic carbocycles. The fourth-order valence-electron chi connectivity index (χ4n) is 3.67. The van der Waals surface area contributed by atoms with Crippen LogP contribution in [0.1, 0.15) is 31.7 Å². The van der Waals surface area contributed by atoms with E-state index in [1.807, 2.05) is 49.4 Å². The summed E-state index contributed by atoms with van der Waals surface area (Å²) in [7, 11) is 0. The van der Waals surface area contributed by atoms with Gasteiger partial charge in [0.2, 0.25) is 5.91 Å². The second kappa shape index (κ2) is 10.1. The normalized spacial score (nSPS) is 17.2. The molecule has 1 saturated heterocycles. The summed E-state index contributed by atoms with van der Waals surface area (Å²) in [5, 5.41) is 12.0. The molecule has 0 bridgehead atoms. The molecule has 1 fully saturated rings. The van der Waals surface area contributed by atoms with E-state index in [9.17, 15) is 9.59 Å². The topological polar surface area (TPSA) is 82.3 Å². The molecule has 0 radical (unpaired) electrons. The number of benzene rings is 2. The number of carbonyl (C=O) groups is 2. The van der Waals surface area contributed by atoms with E-state index < -0.39 is 0 Å². The summed E-state index contributed by atoms with van der Waals surface area (Å²) in [6.07, 6.45) is 2.85. The summed E-state index contributed by atoms with van der Waals surface area (Å²) in [5.41, 5.74) is 3.03. The van der Waals surface area contributed by atoms with Gasteiger partial charge in [-0.25, -0.2) is 4.79 Å². The maximum atomic E-state index is 12.6. The van der Waals surface area contributed by atoms with E-state index in [4.69, 9.17) is 0 Å². The zero-order valence-corrected chi connectivity index (χ0v) is 17.1. The van der Waals surface area contributed by atoms with Gasteiger partial charge in [0, 0.05) is 23.5 Å². The van der Waals surface area contributed by atoms with Crippen LogP contribution in [0.15, 0.2) is 48.5 Å². The molecule has 4 N–H and O–H groups in total. The molecule has 3 amide bonds. The first-order valence-corrected chi connectivity index (χ1v) is 10.3. The lowest BCUT2D eigenvalue weighted by molar-refractivity contribution is -0.117. The Labute approximate surface area is 172 Å². The first-order valence-electron chi connectivity index (χ1n) is 10.3. The Morgan fingerprint density at radius 1 is 1.07 bits per heavy atom. The number of amides is 3. The number of piperidine rings is 1. The molecule has 154 valence electrons. The Kier molecular flexibility index (Phi) is 7.25. The van der Waals surface area contributed by atoms with Crippen LogP contribution in [0.3, 0.4) is 0 Å². The predicted molar refractivity (Wildman–Crippen MR) is 118 cm³/mol. The predicted octanol–water partition coefficient (Wildman–Crippen LogP) is 4.60. The molecular weight excluding hydrogens is 364 g/mol. The fourth-order valence-corrected chi connectivity index (χ4v) is 3.67. The third kappa shape index (κ3) is 6.32. The molecule has 6 nitrogen and oxygen atoms in total. The lowest BCUT2D eigenvalue weighted by Crippen LogP contribution is -2.34. The van der Waals surface area contributed by atoms with Gasteiger partial charge in [0.25, 0.3) is 0 Å². The van der Waals surface area contributed by atoms with E-state index >= 15 is 0 Å². The summed E-state index contributed by atoms with van der Waals surface area (Å²) in [5.74, 6) is 0.892. The Balaban J connectivity index is 1.56. The molecule has 3 rings (SSSR count).